The molecule has 1 fully saturated rings. The highest BCUT2D eigenvalue weighted by Gasteiger charge is 2.74. The van der Waals surface area contributed by atoms with Crippen molar-refractivity contribution in [1.82, 2.24) is 0 Å². The maximum absolute atomic E-state index is 5.54. The second-order valence-corrected chi connectivity index (χ2v) is 9.96. The van der Waals surface area contributed by atoms with Crippen molar-refractivity contribution < 1.29 is 9.15 Å². The summed E-state index contributed by atoms with van der Waals surface area (Å²) in [6, 6.07) is 0.813. The first kappa shape index (κ1) is 14.7. The van der Waals surface area contributed by atoms with Crippen LogP contribution in [0.15, 0.2) is 25.3 Å². The number of rotatable bonds is 4. The van der Waals surface area contributed by atoms with Gasteiger partial charge in [-0.25, -0.2) is 0 Å². The van der Waals surface area contributed by atoms with Crippen molar-refractivity contribution in [2.24, 2.45) is 10.8 Å². The lowest BCUT2D eigenvalue weighted by Gasteiger charge is -2.52. The minimum Gasteiger partial charge on any atom is -0.255 e. The van der Waals surface area contributed by atoms with Gasteiger partial charge < -0.3 is 0 Å². The predicted molar refractivity (Wildman–Crippen MR) is 74.7 cm³/mol. The summed E-state index contributed by atoms with van der Waals surface area (Å²) in [5, 5.41) is -0.138. The molecule has 1 aliphatic heterocycles. The maximum Gasteiger partial charge on any atom is 0.420 e. The van der Waals surface area contributed by atoms with Gasteiger partial charge in [-0.05, 0) is 10.8 Å². The molecule has 1 rings (SSSR count). The first-order chi connectivity index (χ1) is 7.58. The summed E-state index contributed by atoms with van der Waals surface area (Å²) in [4.78, 5) is 0. The number of allylic oxidation sites excluding steroid dienone is 2. The van der Waals surface area contributed by atoms with Gasteiger partial charge in [0, 0.05) is 11.1 Å². The fourth-order valence-electron chi connectivity index (χ4n) is 3.64. The van der Waals surface area contributed by atoms with Crippen LogP contribution in [0.2, 0.25) is 11.1 Å². The van der Waals surface area contributed by atoms with Gasteiger partial charge in [0.2, 0.25) is 0 Å². The van der Waals surface area contributed by atoms with Crippen molar-refractivity contribution >= 4 is 8.56 Å². The quantitative estimate of drug-likeness (QED) is 0.317. The Hall–Kier alpha value is -0.383. The van der Waals surface area contributed by atoms with E-state index in [9.17, 15) is 0 Å². The topological polar surface area (TPSA) is 25.1 Å². The summed E-state index contributed by atoms with van der Waals surface area (Å²) in [6.07, 6.45) is 3.98. The Kier molecular flexibility index (Phi) is 3.52. The highest BCUT2D eigenvalue weighted by atomic mass is 28.4. The molecular formula is C14H26O2Si. The summed E-state index contributed by atoms with van der Waals surface area (Å²) in [5.41, 5.74) is 0.0808. The first-order valence-corrected chi connectivity index (χ1v) is 8.22. The minimum atomic E-state index is -2.24. The normalized spacial score (nSPS) is 19.9. The molecule has 0 saturated carbocycles. The third-order valence-electron chi connectivity index (χ3n) is 3.97. The molecule has 0 amide bonds. The Morgan fingerprint density at radius 1 is 0.941 bits per heavy atom. The van der Waals surface area contributed by atoms with Crippen LogP contribution in [0.1, 0.15) is 41.5 Å². The molecule has 17 heavy (non-hydrogen) atoms. The minimum absolute atomic E-state index is 0.0404. The van der Waals surface area contributed by atoms with Gasteiger partial charge in [-0.15, -0.1) is 13.2 Å². The van der Waals surface area contributed by atoms with E-state index >= 15 is 0 Å². The Labute approximate surface area is 107 Å². The van der Waals surface area contributed by atoms with Crippen molar-refractivity contribution in [3.05, 3.63) is 25.3 Å². The van der Waals surface area contributed by atoms with E-state index in [0.29, 0.717) is 0 Å². The number of hydrogen-bond acceptors (Lipinski definition) is 2. The predicted octanol–water partition coefficient (Wildman–Crippen LogP) is 4.60. The van der Waals surface area contributed by atoms with Gasteiger partial charge in [-0.2, -0.15) is 0 Å². The summed E-state index contributed by atoms with van der Waals surface area (Å²) < 4.78 is 11.1. The lowest BCUT2D eigenvalue weighted by atomic mass is 9.65. The summed E-state index contributed by atoms with van der Waals surface area (Å²) in [7, 11) is -2.24. The second-order valence-electron chi connectivity index (χ2n) is 6.92. The zero-order valence-corrected chi connectivity index (χ0v) is 13.1. The molecule has 0 aromatic carbocycles. The fraction of sp³-hybridized carbons (Fsp3) is 0.714. The van der Waals surface area contributed by atoms with Crippen LogP contribution >= 0.6 is 0 Å². The van der Waals surface area contributed by atoms with Crippen LogP contribution in [0, 0.1) is 10.8 Å². The molecule has 0 aromatic heterocycles. The van der Waals surface area contributed by atoms with Crippen LogP contribution in [0.3, 0.4) is 0 Å². The smallest absolute Gasteiger partial charge is 0.255 e. The van der Waals surface area contributed by atoms with Crippen LogP contribution in [0.4, 0.5) is 0 Å². The number of hydrogen-bond donors (Lipinski definition) is 0. The van der Waals surface area contributed by atoms with Crippen LogP contribution in [-0.2, 0) is 9.15 Å². The Bertz CT molecular complexity index is 302. The summed E-state index contributed by atoms with van der Waals surface area (Å²) in [6.45, 7) is 21.4. The zero-order chi connectivity index (χ0) is 13.5. The molecule has 0 bridgehead atoms. The SMILES string of the molecule is C=CC[Si]1(C(C=C)(C(C)(C)C)C(C)(C)C)OO1. The van der Waals surface area contributed by atoms with Crippen molar-refractivity contribution in [3.63, 3.8) is 0 Å². The van der Waals surface area contributed by atoms with Crippen LogP contribution < -0.4 is 0 Å². The van der Waals surface area contributed by atoms with Gasteiger partial charge in [-0.3, -0.25) is 9.15 Å². The molecule has 2 nitrogen and oxygen atoms in total. The Morgan fingerprint density at radius 2 is 1.35 bits per heavy atom. The Morgan fingerprint density at radius 3 is 1.53 bits per heavy atom. The van der Waals surface area contributed by atoms with Crippen molar-refractivity contribution in [1.29, 1.82) is 0 Å². The molecule has 1 aliphatic rings. The molecule has 0 radical (unpaired) electrons. The molecule has 0 spiro atoms. The third kappa shape index (κ3) is 1.94. The zero-order valence-electron chi connectivity index (χ0n) is 12.1. The third-order valence-corrected chi connectivity index (χ3v) is 8.27. The van der Waals surface area contributed by atoms with Gasteiger partial charge in [0.25, 0.3) is 0 Å². The van der Waals surface area contributed by atoms with Gasteiger partial charge in [-0.1, -0.05) is 53.7 Å². The van der Waals surface area contributed by atoms with E-state index in [1.54, 1.807) is 0 Å². The van der Waals surface area contributed by atoms with Crippen LogP contribution in [0.5, 0.6) is 0 Å². The molecule has 3 heteroatoms. The lowest BCUT2D eigenvalue weighted by Crippen LogP contribution is -2.51. The van der Waals surface area contributed by atoms with Gasteiger partial charge >= 0.3 is 8.56 Å². The molecular weight excluding hydrogens is 228 g/mol. The first-order valence-electron chi connectivity index (χ1n) is 6.19. The van der Waals surface area contributed by atoms with E-state index in [0.717, 1.165) is 6.04 Å². The Balaban J connectivity index is 3.38. The molecule has 0 unspecified atom stereocenters. The monoisotopic (exact) mass is 254 g/mol. The lowest BCUT2D eigenvalue weighted by molar-refractivity contribution is 0.0850. The highest BCUT2D eigenvalue weighted by molar-refractivity contribution is 6.76. The van der Waals surface area contributed by atoms with Crippen LogP contribution in [0.25, 0.3) is 0 Å². The summed E-state index contributed by atoms with van der Waals surface area (Å²) >= 11 is 0. The van der Waals surface area contributed by atoms with E-state index in [4.69, 9.17) is 9.15 Å². The molecule has 1 saturated heterocycles. The van der Waals surface area contributed by atoms with E-state index in [2.05, 4.69) is 60.8 Å². The molecule has 0 N–H and O–H groups in total. The van der Waals surface area contributed by atoms with Crippen molar-refractivity contribution in [2.45, 2.75) is 52.6 Å². The largest absolute Gasteiger partial charge is 0.420 e. The average molecular weight is 254 g/mol. The molecule has 0 atom stereocenters. The van der Waals surface area contributed by atoms with Gasteiger partial charge in [0.15, 0.2) is 0 Å². The van der Waals surface area contributed by atoms with E-state index in [1.165, 1.54) is 0 Å². The van der Waals surface area contributed by atoms with Gasteiger partial charge in [0.05, 0.1) is 0 Å². The van der Waals surface area contributed by atoms with E-state index in [-0.39, 0.29) is 15.9 Å². The second kappa shape index (κ2) is 4.07. The molecule has 0 aromatic rings. The van der Waals surface area contributed by atoms with Crippen molar-refractivity contribution in [2.75, 3.05) is 0 Å². The average Bonchev–Trinajstić information content (AvgIpc) is 2.82. The van der Waals surface area contributed by atoms with E-state index in [1.807, 2.05) is 6.08 Å². The molecule has 0 aliphatic carbocycles. The summed E-state index contributed by atoms with van der Waals surface area (Å²) in [5.74, 6) is 0. The maximum atomic E-state index is 5.54. The molecule has 98 valence electrons. The standard InChI is InChI=1S/C14H26O2Si/c1-9-11-17(15-16-17)14(10-2,12(3,4)5)13(6,7)8/h9-10H,1-2,11H2,3-8H3. The molecule has 1 heterocycles. The van der Waals surface area contributed by atoms with E-state index < -0.39 is 8.56 Å². The fourth-order valence-corrected chi connectivity index (χ4v) is 7.74. The van der Waals surface area contributed by atoms with Crippen LogP contribution in [-0.4, -0.2) is 8.56 Å². The van der Waals surface area contributed by atoms with Crippen molar-refractivity contribution in [3.8, 4) is 0 Å². The highest BCUT2D eigenvalue weighted by Crippen LogP contribution is 2.69. The van der Waals surface area contributed by atoms with Gasteiger partial charge in [0.1, 0.15) is 0 Å².